The first kappa shape index (κ1) is 17.4. The second kappa shape index (κ2) is 6.66. The second-order valence-electron chi connectivity index (χ2n) is 6.35. The lowest BCUT2D eigenvalue weighted by Crippen LogP contribution is -2.33. The van der Waals surface area contributed by atoms with E-state index in [4.69, 9.17) is 0 Å². The summed E-state index contributed by atoms with van der Waals surface area (Å²) in [5, 5.41) is 3.40. The van der Waals surface area contributed by atoms with E-state index >= 15 is 0 Å². The summed E-state index contributed by atoms with van der Waals surface area (Å²) in [6.07, 6.45) is 3.38. The SMILES string of the molecule is CCC(C)(C)CNS(=O)(=O)c1cc(CNC2CC2)sc1Br. The van der Waals surface area contributed by atoms with E-state index in [0.717, 1.165) is 17.8 Å². The summed E-state index contributed by atoms with van der Waals surface area (Å²) in [5.74, 6) is 0. The molecule has 21 heavy (non-hydrogen) atoms. The highest BCUT2D eigenvalue weighted by molar-refractivity contribution is 9.11. The van der Waals surface area contributed by atoms with Crippen molar-refractivity contribution in [3.63, 3.8) is 0 Å². The summed E-state index contributed by atoms with van der Waals surface area (Å²) in [5.41, 5.74) is -0.0358. The standard InChI is InChI=1S/C14H23BrN2O2S2/c1-4-14(2,3)9-17-21(18,19)12-7-11(20-13(12)15)8-16-10-5-6-10/h7,10,16-17H,4-6,8-9H2,1-3H3. The Morgan fingerprint density at radius 1 is 1.43 bits per heavy atom. The van der Waals surface area contributed by atoms with Gasteiger partial charge in [0, 0.05) is 24.0 Å². The van der Waals surface area contributed by atoms with Crippen molar-refractivity contribution < 1.29 is 8.42 Å². The molecule has 1 aliphatic rings. The van der Waals surface area contributed by atoms with Gasteiger partial charge in [0.15, 0.2) is 0 Å². The van der Waals surface area contributed by atoms with Crippen molar-refractivity contribution in [2.45, 2.75) is 57.5 Å². The van der Waals surface area contributed by atoms with E-state index in [2.05, 4.69) is 46.7 Å². The highest BCUT2D eigenvalue weighted by Gasteiger charge is 2.25. The average Bonchev–Trinajstić information content (AvgIpc) is 3.17. The van der Waals surface area contributed by atoms with Crippen LogP contribution in [0.3, 0.4) is 0 Å². The van der Waals surface area contributed by atoms with Gasteiger partial charge in [0.25, 0.3) is 0 Å². The normalized spacial score (nSPS) is 16.4. The van der Waals surface area contributed by atoms with Gasteiger partial charge >= 0.3 is 0 Å². The maximum Gasteiger partial charge on any atom is 0.242 e. The molecule has 1 fully saturated rings. The zero-order chi connectivity index (χ0) is 15.7. The minimum atomic E-state index is -3.45. The van der Waals surface area contributed by atoms with Crippen molar-refractivity contribution in [2.75, 3.05) is 6.54 Å². The molecule has 0 radical (unpaired) electrons. The molecule has 1 aromatic heterocycles. The Hall–Kier alpha value is 0.0500. The summed E-state index contributed by atoms with van der Waals surface area (Å²) in [6, 6.07) is 2.39. The molecule has 0 aliphatic heterocycles. The fourth-order valence-electron chi connectivity index (χ4n) is 1.69. The Bertz CT molecular complexity index is 592. The van der Waals surface area contributed by atoms with Gasteiger partial charge in [-0.15, -0.1) is 11.3 Å². The molecule has 120 valence electrons. The van der Waals surface area contributed by atoms with E-state index in [0.29, 0.717) is 21.3 Å². The van der Waals surface area contributed by atoms with Crippen molar-refractivity contribution in [1.82, 2.24) is 10.0 Å². The van der Waals surface area contributed by atoms with Crippen LogP contribution in [0.1, 0.15) is 44.9 Å². The van der Waals surface area contributed by atoms with Crippen LogP contribution >= 0.6 is 27.3 Å². The monoisotopic (exact) mass is 394 g/mol. The van der Waals surface area contributed by atoms with Crippen LogP contribution in [0.15, 0.2) is 14.7 Å². The first-order valence-electron chi connectivity index (χ1n) is 7.25. The minimum absolute atomic E-state index is 0.0358. The third kappa shape index (κ3) is 5.03. The highest BCUT2D eigenvalue weighted by atomic mass is 79.9. The zero-order valence-electron chi connectivity index (χ0n) is 12.7. The van der Waals surface area contributed by atoms with Crippen molar-refractivity contribution >= 4 is 37.3 Å². The number of nitrogens with one attached hydrogen (secondary N) is 2. The highest BCUT2D eigenvalue weighted by Crippen LogP contribution is 2.32. The molecule has 1 aliphatic carbocycles. The number of hydrogen-bond acceptors (Lipinski definition) is 4. The molecule has 1 heterocycles. The second-order valence-corrected chi connectivity index (χ2v) is 10.5. The topological polar surface area (TPSA) is 58.2 Å². The van der Waals surface area contributed by atoms with Gasteiger partial charge in [0.2, 0.25) is 10.0 Å². The molecule has 0 amide bonds. The first-order chi connectivity index (χ1) is 9.73. The molecule has 7 heteroatoms. The molecule has 0 bridgehead atoms. The third-order valence-electron chi connectivity index (χ3n) is 3.84. The van der Waals surface area contributed by atoms with Crippen LogP contribution < -0.4 is 10.0 Å². The lowest BCUT2D eigenvalue weighted by atomic mass is 9.91. The summed E-state index contributed by atoms with van der Waals surface area (Å²) in [7, 11) is -3.45. The molecule has 1 aromatic rings. The summed E-state index contributed by atoms with van der Waals surface area (Å²) in [4.78, 5) is 1.40. The van der Waals surface area contributed by atoms with Gasteiger partial charge in [-0.25, -0.2) is 13.1 Å². The molecule has 2 rings (SSSR count). The van der Waals surface area contributed by atoms with Crippen LogP contribution in [0, 0.1) is 5.41 Å². The molecule has 0 saturated heterocycles. The first-order valence-corrected chi connectivity index (χ1v) is 10.3. The fourth-order valence-corrected chi connectivity index (χ4v) is 5.57. The van der Waals surface area contributed by atoms with Crippen LogP contribution in [-0.2, 0) is 16.6 Å². The van der Waals surface area contributed by atoms with Gasteiger partial charge in [-0.3, -0.25) is 0 Å². The van der Waals surface area contributed by atoms with E-state index in [1.54, 1.807) is 6.07 Å². The predicted molar refractivity (Wildman–Crippen MR) is 91.1 cm³/mol. The molecule has 0 unspecified atom stereocenters. The number of thiophene rings is 1. The fraction of sp³-hybridized carbons (Fsp3) is 0.714. The summed E-state index contributed by atoms with van der Waals surface area (Å²) >= 11 is 4.87. The molecule has 0 spiro atoms. The average molecular weight is 395 g/mol. The smallest absolute Gasteiger partial charge is 0.242 e. The molecule has 0 atom stereocenters. The number of sulfonamides is 1. The van der Waals surface area contributed by atoms with Crippen molar-refractivity contribution in [3.05, 3.63) is 14.7 Å². The van der Waals surface area contributed by atoms with Crippen molar-refractivity contribution in [1.29, 1.82) is 0 Å². The molecular formula is C14H23BrN2O2S2. The molecule has 4 nitrogen and oxygen atoms in total. The van der Waals surface area contributed by atoms with Crippen LogP contribution in [0.25, 0.3) is 0 Å². The summed E-state index contributed by atoms with van der Waals surface area (Å²) < 4.78 is 28.3. The van der Waals surface area contributed by atoms with Crippen LogP contribution in [0.2, 0.25) is 0 Å². The number of hydrogen-bond donors (Lipinski definition) is 2. The quantitative estimate of drug-likeness (QED) is 0.709. The van der Waals surface area contributed by atoms with Crippen LogP contribution in [0.5, 0.6) is 0 Å². The largest absolute Gasteiger partial charge is 0.309 e. The molecule has 1 saturated carbocycles. The van der Waals surface area contributed by atoms with Crippen molar-refractivity contribution in [3.8, 4) is 0 Å². The van der Waals surface area contributed by atoms with Gasteiger partial charge in [-0.2, -0.15) is 0 Å². The Morgan fingerprint density at radius 3 is 2.67 bits per heavy atom. The lowest BCUT2D eigenvalue weighted by Gasteiger charge is -2.22. The Kier molecular flexibility index (Phi) is 5.52. The Labute approximate surface area is 139 Å². The van der Waals surface area contributed by atoms with E-state index in [9.17, 15) is 8.42 Å². The van der Waals surface area contributed by atoms with Crippen LogP contribution in [0.4, 0.5) is 0 Å². The van der Waals surface area contributed by atoms with Gasteiger partial charge < -0.3 is 5.32 Å². The maximum absolute atomic E-state index is 12.4. The molecule has 0 aromatic carbocycles. The van der Waals surface area contributed by atoms with E-state index in [-0.39, 0.29) is 5.41 Å². The van der Waals surface area contributed by atoms with E-state index in [1.807, 2.05) is 0 Å². The Morgan fingerprint density at radius 2 is 2.10 bits per heavy atom. The van der Waals surface area contributed by atoms with Gasteiger partial charge in [0.1, 0.15) is 4.90 Å². The van der Waals surface area contributed by atoms with Gasteiger partial charge in [0.05, 0.1) is 3.79 Å². The predicted octanol–water partition coefficient (Wildman–Crippen LogP) is 3.48. The van der Waals surface area contributed by atoms with Crippen LogP contribution in [-0.4, -0.2) is 21.0 Å². The minimum Gasteiger partial charge on any atom is -0.309 e. The summed E-state index contributed by atoms with van der Waals surface area (Å²) in [6.45, 7) is 7.37. The zero-order valence-corrected chi connectivity index (χ0v) is 15.9. The van der Waals surface area contributed by atoms with Gasteiger partial charge in [-0.05, 0) is 46.7 Å². The van der Waals surface area contributed by atoms with Gasteiger partial charge in [-0.1, -0.05) is 20.8 Å². The molecule has 2 N–H and O–H groups in total. The maximum atomic E-state index is 12.4. The molecular weight excluding hydrogens is 372 g/mol. The van der Waals surface area contributed by atoms with Crippen molar-refractivity contribution in [2.24, 2.45) is 5.41 Å². The number of rotatable bonds is 8. The van der Waals surface area contributed by atoms with E-state index in [1.165, 1.54) is 24.2 Å². The Balaban J connectivity index is 2.04. The number of halogens is 1. The third-order valence-corrected chi connectivity index (χ3v) is 7.49. The van der Waals surface area contributed by atoms with E-state index < -0.39 is 10.0 Å². The lowest BCUT2D eigenvalue weighted by molar-refractivity contribution is 0.350.